The van der Waals surface area contributed by atoms with E-state index in [-0.39, 0.29) is 12.4 Å². The van der Waals surface area contributed by atoms with E-state index in [4.69, 9.17) is 11.6 Å². The molecule has 4 aromatic rings. The molecule has 120 valence electrons. The topological polar surface area (TPSA) is 51.4 Å². The zero-order chi connectivity index (χ0) is 15.4. The van der Waals surface area contributed by atoms with Gasteiger partial charge in [-0.3, -0.25) is 4.57 Å². The molecule has 0 amide bonds. The number of hydrogen-bond acceptors (Lipinski definition) is 2. The smallest absolute Gasteiger partial charge is 0.185 e. The third kappa shape index (κ3) is 2.09. The van der Waals surface area contributed by atoms with Crippen LogP contribution in [0.1, 0.15) is 5.56 Å². The van der Waals surface area contributed by atoms with Gasteiger partial charge in [0.15, 0.2) is 11.6 Å². The number of aromatic nitrogens is 5. The number of fused-ring (bicyclic) bond motifs is 5. The highest BCUT2D eigenvalue weighted by Gasteiger charge is 2.24. The summed E-state index contributed by atoms with van der Waals surface area (Å²) >= 11 is 6.26. The number of H-pyrrole nitrogens is 1. The molecular weight excluding hydrogens is 345 g/mol. The zero-order valence-corrected chi connectivity index (χ0v) is 14.1. The molecule has 5 nitrogen and oxygen atoms in total. The lowest BCUT2D eigenvalue weighted by Crippen LogP contribution is -2.02. The molecule has 0 aliphatic carbocycles. The van der Waals surface area contributed by atoms with Crippen molar-refractivity contribution >= 4 is 24.0 Å². The summed E-state index contributed by atoms with van der Waals surface area (Å²) in [5, 5.41) is 9.56. The van der Waals surface area contributed by atoms with Gasteiger partial charge in [-0.15, -0.1) is 22.6 Å². The van der Waals surface area contributed by atoms with Gasteiger partial charge in [0.05, 0.1) is 17.1 Å². The molecule has 1 aliphatic rings. The monoisotopic (exact) mass is 357 g/mol. The van der Waals surface area contributed by atoms with Gasteiger partial charge in [0, 0.05) is 24.0 Å². The number of hydrogen-bond donors (Lipinski definition) is 1. The summed E-state index contributed by atoms with van der Waals surface area (Å²) in [6.45, 7) is 0.780. The molecule has 0 unspecified atom stereocenters. The molecule has 0 atom stereocenters. The second-order valence-corrected chi connectivity index (χ2v) is 6.00. The van der Waals surface area contributed by atoms with Crippen LogP contribution in [0.2, 0.25) is 5.02 Å². The van der Waals surface area contributed by atoms with Crippen LogP contribution in [0.4, 0.5) is 0 Å². The van der Waals surface area contributed by atoms with E-state index in [2.05, 4.69) is 42.6 Å². The minimum absolute atomic E-state index is 0. The summed E-state index contributed by atoms with van der Waals surface area (Å²) in [5.74, 6) is 1.60. The number of benzene rings is 1. The van der Waals surface area contributed by atoms with Crippen molar-refractivity contribution in [1.82, 2.24) is 24.3 Å². The third-order valence-corrected chi connectivity index (χ3v) is 4.42. The van der Waals surface area contributed by atoms with E-state index in [1.807, 2.05) is 36.5 Å². The first-order valence-corrected chi connectivity index (χ1v) is 7.72. The van der Waals surface area contributed by atoms with Gasteiger partial charge in [-0.2, -0.15) is 0 Å². The molecule has 1 aromatic carbocycles. The zero-order valence-electron chi connectivity index (χ0n) is 12.5. The van der Waals surface area contributed by atoms with Crippen LogP contribution in [0, 0.1) is 0 Å². The molecule has 0 spiro atoms. The average molecular weight is 358 g/mol. The summed E-state index contributed by atoms with van der Waals surface area (Å²) in [6, 6.07) is 14.0. The highest BCUT2D eigenvalue weighted by atomic mass is 35.5. The Bertz CT molecular complexity index is 1010. The fourth-order valence-corrected chi connectivity index (χ4v) is 3.31. The predicted molar refractivity (Wildman–Crippen MR) is 95.9 cm³/mol. The Morgan fingerprint density at radius 2 is 1.92 bits per heavy atom. The number of nitrogens with zero attached hydrogens (tertiary/aromatic N) is 4. The minimum Gasteiger partial charge on any atom is -0.359 e. The number of nitrogens with one attached hydrogen (secondary N) is 1. The van der Waals surface area contributed by atoms with Crippen molar-refractivity contribution < 1.29 is 0 Å². The molecule has 0 radical (unpaired) electrons. The van der Waals surface area contributed by atoms with E-state index < -0.39 is 0 Å². The fraction of sp³-hybridized carbons (Fsp3) is 0.0588. The maximum atomic E-state index is 6.26. The van der Waals surface area contributed by atoms with Gasteiger partial charge in [0.25, 0.3) is 0 Å². The van der Waals surface area contributed by atoms with E-state index in [1.165, 1.54) is 5.56 Å². The lowest BCUT2D eigenvalue weighted by molar-refractivity contribution is 0.816. The summed E-state index contributed by atoms with van der Waals surface area (Å²) in [6.07, 6.45) is 3.95. The van der Waals surface area contributed by atoms with Crippen LogP contribution in [0.15, 0.2) is 54.9 Å². The molecular formula is C17H13Cl2N5. The van der Waals surface area contributed by atoms with Crippen LogP contribution < -0.4 is 0 Å². The molecule has 0 saturated heterocycles. The van der Waals surface area contributed by atoms with Gasteiger partial charge in [-0.05, 0) is 42.0 Å². The SMILES string of the molecule is Cl.Clc1ccc2c(c1)-n1c(-c3ccc[nH]3)nnc1-c1cccn1C2. The van der Waals surface area contributed by atoms with Crippen molar-refractivity contribution in [2.75, 3.05) is 0 Å². The second-order valence-electron chi connectivity index (χ2n) is 5.56. The van der Waals surface area contributed by atoms with Crippen molar-refractivity contribution in [3.05, 3.63) is 65.4 Å². The van der Waals surface area contributed by atoms with Crippen LogP contribution in [0.25, 0.3) is 28.7 Å². The summed E-state index contributed by atoms with van der Waals surface area (Å²) < 4.78 is 4.25. The van der Waals surface area contributed by atoms with Gasteiger partial charge < -0.3 is 9.55 Å². The van der Waals surface area contributed by atoms with Crippen LogP contribution in [0.3, 0.4) is 0 Å². The van der Waals surface area contributed by atoms with Crippen LogP contribution in [0.5, 0.6) is 0 Å². The van der Waals surface area contributed by atoms with Crippen molar-refractivity contribution in [3.8, 4) is 28.7 Å². The molecule has 0 fully saturated rings. The Kier molecular flexibility index (Phi) is 3.48. The lowest BCUT2D eigenvalue weighted by Gasteiger charge is -2.11. The summed E-state index contributed by atoms with van der Waals surface area (Å²) in [5.41, 5.74) is 4.17. The maximum Gasteiger partial charge on any atom is 0.185 e. The van der Waals surface area contributed by atoms with E-state index in [0.717, 1.165) is 35.3 Å². The molecule has 0 saturated carbocycles. The Morgan fingerprint density at radius 3 is 2.75 bits per heavy atom. The number of rotatable bonds is 1. The molecule has 7 heteroatoms. The molecule has 24 heavy (non-hydrogen) atoms. The largest absolute Gasteiger partial charge is 0.359 e. The Labute approximate surface area is 149 Å². The van der Waals surface area contributed by atoms with Crippen LogP contribution >= 0.6 is 24.0 Å². The average Bonchev–Trinajstić information content (AvgIpc) is 3.26. The van der Waals surface area contributed by atoms with Crippen LogP contribution in [-0.2, 0) is 6.54 Å². The van der Waals surface area contributed by atoms with Gasteiger partial charge in [-0.25, -0.2) is 0 Å². The standard InChI is InChI=1S/C17H12ClN5.ClH/c18-12-6-5-11-10-22-8-2-4-14(22)17-21-20-16(13-3-1-7-19-13)23(17)15(11)9-12;/h1-9,19H,10H2;1H. The van der Waals surface area contributed by atoms with E-state index in [9.17, 15) is 0 Å². The molecule has 4 heterocycles. The Balaban J connectivity index is 0.00000146. The van der Waals surface area contributed by atoms with E-state index in [0.29, 0.717) is 5.02 Å². The minimum atomic E-state index is 0. The normalized spacial score (nSPS) is 11.9. The fourth-order valence-electron chi connectivity index (χ4n) is 3.14. The highest BCUT2D eigenvalue weighted by Crippen LogP contribution is 2.34. The maximum absolute atomic E-state index is 6.26. The number of aromatic amines is 1. The molecule has 1 N–H and O–H groups in total. The molecule has 3 aromatic heterocycles. The second kappa shape index (κ2) is 5.54. The predicted octanol–water partition coefficient (Wildman–Crippen LogP) is 4.17. The van der Waals surface area contributed by atoms with Crippen molar-refractivity contribution in [2.45, 2.75) is 6.54 Å². The molecule has 1 aliphatic heterocycles. The molecule has 0 bridgehead atoms. The van der Waals surface area contributed by atoms with Crippen molar-refractivity contribution in [2.24, 2.45) is 0 Å². The Morgan fingerprint density at radius 1 is 1.04 bits per heavy atom. The first-order valence-electron chi connectivity index (χ1n) is 7.35. The highest BCUT2D eigenvalue weighted by molar-refractivity contribution is 6.30. The quantitative estimate of drug-likeness (QED) is 0.489. The lowest BCUT2D eigenvalue weighted by atomic mass is 10.1. The van der Waals surface area contributed by atoms with Gasteiger partial charge in [-0.1, -0.05) is 17.7 Å². The first-order chi connectivity index (χ1) is 11.3. The molecule has 5 rings (SSSR count). The van der Waals surface area contributed by atoms with Crippen LogP contribution in [-0.4, -0.2) is 24.3 Å². The Hall–Kier alpha value is -2.50. The van der Waals surface area contributed by atoms with Gasteiger partial charge in [0.2, 0.25) is 0 Å². The van der Waals surface area contributed by atoms with E-state index >= 15 is 0 Å². The summed E-state index contributed by atoms with van der Waals surface area (Å²) in [7, 11) is 0. The third-order valence-electron chi connectivity index (χ3n) is 4.19. The van der Waals surface area contributed by atoms with Crippen molar-refractivity contribution in [3.63, 3.8) is 0 Å². The summed E-state index contributed by atoms with van der Waals surface area (Å²) in [4.78, 5) is 3.21. The van der Waals surface area contributed by atoms with Gasteiger partial charge >= 0.3 is 0 Å². The first kappa shape index (κ1) is 15.1. The van der Waals surface area contributed by atoms with Crippen molar-refractivity contribution in [1.29, 1.82) is 0 Å². The van der Waals surface area contributed by atoms with Gasteiger partial charge in [0.1, 0.15) is 0 Å². The van der Waals surface area contributed by atoms with E-state index in [1.54, 1.807) is 0 Å². The number of halogens is 2.